The molecule has 198 valence electrons. The summed E-state index contributed by atoms with van der Waals surface area (Å²) in [5.41, 5.74) is 0.740. The second-order valence-electron chi connectivity index (χ2n) is 14.8. The van der Waals surface area contributed by atoms with Gasteiger partial charge in [0.15, 0.2) is 0 Å². The molecule has 0 aromatic carbocycles. The largest absolute Gasteiger partial charge is 0.469 e. The molecular weight excluding hydrogens is 436 g/mol. The molecule has 0 aliphatic heterocycles. The van der Waals surface area contributed by atoms with Crippen molar-refractivity contribution < 1.29 is 19.7 Å². The van der Waals surface area contributed by atoms with E-state index in [0.29, 0.717) is 29.6 Å². The first-order chi connectivity index (χ1) is 16.2. The van der Waals surface area contributed by atoms with Crippen LogP contribution in [0.2, 0.25) is 0 Å². The highest BCUT2D eigenvalue weighted by Gasteiger charge is 2.71. The van der Waals surface area contributed by atoms with Gasteiger partial charge in [-0.2, -0.15) is 0 Å². The van der Waals surface area contributed by atoms with Crippen LogP contribution in [0.4, 0.5) is 0 Å². The van der Waals surface area contributed by atoms with E-state index in [2.05, 4.69) is 47.6 Å². The number of hydrogen-bond donors (Lipinski definition) is 2. The molecule has 0 saturated heterocycles. The SMILES string of the molecule is COC(=O)[C@@]1(C)[C@H](O)CC[C@@]2(C)[C@H]1CC[C@]1(C)[C@@H]2[C@H](O)C=C2[C@@H]3[C@@H](C)[C@H](C)CC[C@]3(C)CC[C@]21C. The van der Waals surface area contributed by atoms with Crippen LogP contribution in [-0.4, -0.2) is 35.5 Å². The molecule has 12 atom stereocenters. The molecule has 0 bridgehead atoms. The summed E-state index contributed by atoms with van der Waals surface area (Å²) in [7, 11) is 1.44. The lowest BCUT2D eigenvalue weighted by molar-refractivity contribution is -0.234. The van der Waals surface area contributed by atoms with Crippen molar-refractivity contribution in [3.05, 3.63) is 11.6 Å². The summed E-state index contributed by atoms with van der Waals surface area (Å²) in [5.74, 6) is 1.66. The van der Waals surface area contributed by atoms with Crippen molar-refractivity contribution in [1.29, 1.82) is 0 Å². The van der Waals surface area contributed by atoms with Crippen LogP contribution in [0.1, 0.15) is 99.8 Å². The molecule has 5 rings (SSSR count). The lowest BCUT2D eigenvalue weighted by Crippen LogP contribution is -2.68. The molecule has 4 saturated carbocycles. The number of rotatable bonds is 1. The van der Waals surface area contributed by atoms with Crippen LogP contribution in [0.15, 0.2) is 11.6 Å². The van der Waals surface area contributed by atoms with Crippen molar-refractivity contribution in [3.63, 3.8) is 0 Å². The molecule has 2 N–H and O–H groups in total. The Morgan fingerprint density at radius 3 is 2.29 bits per heavy atom. The molecule has 0 unspecified atom stereocenters. The first kappa shape index (κ1) is 25.8. The second-order valence-corrected chi connectivity index (χ2v) is 14.8. The Kier molecular flexibility index (Phi) is 5.76. The van der Waals surface area contributed by atoms with Crippen LogP contribution in [0.25, 0.3) is 0 Å². The fraction of sp³-hybridized carbons (Fsp3) is 0.903. The third-order valence-electron chi connectivity index (χ3n) is 13.6. The van der Waals surface area contributed by atoms with Gasteiger partial charge in [0.2, 0.25) is 0 Å². The van der Waals surface area contributed by atoms with Gasteiger partial charge in [-0.15, -0.1) is 0 Å². The number of aliphatic hydroxyl groups is 2. The van der Waals surface area contributed by atoms with E-state index in [1.807, 2.05) is 6.92 Å². The predicted molar refractivity (Wildman–Crippen MR) is 138 cm³/mol. The number of carbonyl (C=O) groups is 1. The van der Waals surface area contributed by atoms with Crippen LogP contribution in [-0.2, 0) is 9.53 Å². The van der Waals surface area contributed by atoms with E-state index in [1.165, 1.54) is 32.8 Å². The van der Waals surface area contributed by atoms with E-state index in [9.17, 15) is 15.0 Å². The smallest absolute Gasteiger partial charge is 0.314 e. The first-order valence-corrected chi connectivity index (χ1v) is 14.4. The highest BCUT2D eigenvalue weighted by Crippen LogP contribution is 2.75. The van der Waals surface area contributed by atoms with E-state index in [1.54, 1.807) is 5.57 Å². The van der Waals surface area contributed by atoms with Gasteiger partial charge in [-0.05, 0) is 104 Å². The van der Waals surface area contributed by atoms with Gasteiger partial charge in [-0.1, -0.05) is 53.2 Å². The molecule has 0 spiro atoms. The molecule has 4 nitrogen and oxygen atoms in total. The number of fused-ring (bicyclic) bond motifs is 7. The van der Waals surface area contributed by atoms with Crippen LogP contribution in [0.5, 0.6) is 0 Å². The summed E-state index contributed by atoms with van der Waals surface area (Å²) in [6.45, 7) is 16.6. The lowest BCUT2D eigenvalue weighted by atomic mass is 9.33. The van der Waals surface area contributed by atoms with Crippen molar-refractivity contribution in [2.24, 2.45) is 56.7 Å². The Hall–Kier alpha value is -0.870. The Morgan fingerprint density at radius 1 is 0.943 bits per heavy atom. The van der Waals surface area contributed by atoms with Crippen molar-refractivity contribution in [3.8, 4) is 0 Å². The van der Waals surface area contributed by atoms with Crippen molar-refractivity contribution in [1.82, 2.24) is 0 Å². The fourth-order valence-electron chi connectivity index (χ4n) is 11.1. The Labute approximate surface area is 213 Å². The maximum absolute atomic E-state index is 13.1. The van der Waals surface area contributed by atoms with E-state index in [4.69, 9.17) is 4.74 Å². The average molecular weight is 487 g/mol. The Morgan fingerprint density at radius 2 is 1.63 bits per heavy atom. The van der Waals surface area contributed by atoms with E-state index in [0.717, 1.165) is 19.3 Å². The topological polar surface area (TPSA) is 66.8 Å². The van der Waals surface area contributed by atoms with E-state index in [-0.39, 0.29) is 34.1 Å². The summed E-state index contributed by atoms with van der Waals surface area (Å²) in [5, 5.41) is 23.1. The lowest BCUT2D eigenvalue weighted by Gasteiger charge is -2.72. The minimum absolute atomic E-state index is 0.0000391. The molecule has 5 aliphatic carbocycles. The Balaban J connectivity index is 1.63. The summed E-state index contributed by atoms with van der Waals surface area (Å²) in [6, 6.07) is 0. The number of ether oxygens (including phenoxy) is 1. The minimum atomic E-state index is -0.924. The van der Waals surface area contributed by atoms with Gasteiger partial charge < -0.3 is 14.9 Å². The van der Waals surface area contributed by atoms with Gasteiger partial charge in [0.05, 0.1) is 24.7 Å². The van der Waals surface area contributed by atoms with E-state index >= 15 is 0 Å². The maximum Gasteiger partial charge on any atom is 0.314 e. The van der Waals surface area contributed by atoms with Gasteiger partial charge in [-0.3, -0.25) is 4.79 Å². The molecule has 0 aromatic heterocycles. The highest BCUT2D eigenvalue weighted by atomic mass is 16.5. The quantitative estimate of drug-likeness (QED) is 0.345. The monoisotopic (exact) mass is 486 g/mol. The van der Waals surface area contributed by atoms with Crippen LogP contribution in [0, 0.1) is 56.7 Å². The second kappa shape index (κ2) is 7.82. The van der Waals surface area contributed by atoms with Crippen molar-refractivity contribution >= 4 is 5.97 Å². The molecule has 35 heavy (non-hydrogen) atoms. The number of esters is 1. The standard InChI is InChI=1S/C31H50O4/c1-18-9-12-27(3)15-16-29(5)20(24(27)19(18)2)17-21(32)25-28(4)13-11-23(33)31(7,26(34)35-8)22(28)10-14-30(25,29)6/h17-19,21-25,32-33H,9-16H2,1-8H3/t18-,19+,21-,22-,23-,24+,25-,27-,28+,29-,30-,31-/m1/s1. The predicted octanol–water partition coefficient (Wildman–Crippen LogP) is 6.15. The number of methoxy groups -OCH3 is 1. The number of allylic oxidation sites excluding steroid dienone is 1. The molecule has 0 heterocycles. The van der Waals surface area contributed by atoms with Gasteiger partial charge in [0, 0.05) is 5.92 Å². The molecular formula is C31H50O4. The van der Waals surface area contributed by atoms with Gasteiger partial charge in [0.1, 0.15) is 0 Å². The molecule has 5 aliphatic rings. The molecule has 4 heteroatoms. The van der Waals surface area contributed by atoms with E-state index < -0.39 is 17.6 Å². The molecule has 0 amide bonds. The van der Waals surface area contributed by atoms with Crippen LogP contribution in [0.3, 0.4) is 0 Å². The fourth-order valence-corrected chi connectivity index (χ4v) is 11.1. The molecule has 0 aromatic rings. The third kappa shape index (κ3) is 3.02. The van der Waals surface area contributed by atoms with Gasteiger partial charge in [0.25, 0.3) is 0 Å². The maximum atomic E-state index is 13.1. The van der Waals surface area contributed by atoms with Crippen molar-refractivity contribution in [2.45, 2.75) is 112 Å². The zero-order chi connectivity index (χ0) is 25.8. The van der Waals surface area contributed by atoms with Crippen LogP contribution >= 0.6 is 0 Å². The molecule has 0 radical (unpaired) electrons. The molecule has 4 fully saturated rings. The number of aliphatic hydroxyl groups excluding tert-OH is 2. The van der Waals surface area contributed by atoms with Gasteiger partial charge in [-0.25, -0.2) is 0 Å². The zero-order valence-corrected chi connectivity index (χ0v) is 23.5. The summed E-state index contributed by atoms with van der Waals surface area (Å²) < 4.78 is 5.27. The third-order valence-corrected chi connectivity index (χ3v) is 13.6. The summed E-state index contributed by atoms with van der Waals surface area (Å²) in [4.78, 5) is 13.1. The highest BCUT2D eigenvalue weighted by molar-refractivity contribution is 5.78. The normalized spacial score (nSPS) is 57.7. The summed E-state index contributed by atoms with van der Waals surface area (Å²) in [6.07, 6.45) is 9.46. The zero-order valence-electron chi connectivity index (χ0n) is 23.5. The van der Waals surface area contributed by atoms with Crippen molar-refractivity contribution in [2.75, 3.05) is 7.11 Å². The number of hydrogen-bond acceptors (Lipinski definition) is 4. The Bertz CT molecular complexity index is 927. The average Bonchev–Trinajstić information content (AvgIpc) is 2.80. The summed E-state index contributed by atoms with van der Waals surface area (Å²) >= 11 is 0. The first-order valence-electron chi connectivity index (χ1n) is 14.4. The van der Waals surface area contributed by atoms with Gasteiger partial charge >= 0.3 is 5.97 Å². The minimum Gasteiger partial charge on any atom is -0.469 e. The number of carbonyl (C=O) groups excluding carboxylic acids is 1. The van der Waals surface area contributed by atoms with Crippen LogP contribution < -0.4 is 0 Å².